The molecular weight excluding hydrogens is 328 g/mol. The lowest BCUT2D eigenvalue weighted by atomic mass is 9.95. The quantitative estimate of drug-likeness (QED) is 0.863. The molecule has 1 aliphatic heterocycles. The van der Waals surface area contributed by atoms with Crippen molar-refractivity contribution < 1.29 is 4.79 Å². The first-order chi connectivity index (χ1) is 10.0. The molecule has 1 aromatic carbocycles. The molecule has 2 rings (SSSR count). The average Bonchev–Trinajstić information content (AvgIpc) is 2.48. The van der Waals surface area contributed by atoms with Gasteiger partial charge in [-0.1, -0.05) is 29.8 Å². The van der Waals surface area contributed by atoms with Crippen molar-refractivity contribution in [1.82, 2.24) is 4.90 Å². The summed E-state index contributed by atoms with van der Waals surface area (Å²) in [6.07, 6.45) is 3.19. The summed E-state index contributed by atoms with van der Waals surface area (Å²) in [5.74, 6) is 1.08. The van der Waals surface area contributed by atoms with Gasteiger partial charge in [0.05, 0.1) is 0 Å². The first kappa shape index (κ1) is 16.5. The lowest BCUT2D eigenvalue weighted by molar-refractivity contribution is -0.121. The highest BCUT2D eigenvalue weighted by atomic mass is 79.9. The molecule has 1 aromatic rings. The molecule has 21 heavy (non-hydrogen) atoms. The Morgan fingerprint density at radius 2 is 1.90 bits per heavy atom. The first-order valence-electron chi connectivity index (χ1n) is 7.83. The summed E-state index contributed by atoms with van der Waals surface area (Å²) in [7, 11) is 0. The Morgan fingerprint density at radius 1 is 1.29 bits per heavy atom. The van der Waals surface area contributed by atoms with Crippen LogP contribution in [-0.2, 0) is 4.79 Å². The lowest BCUT2D eigenvalue weighted by Gasteiger charge is -2.31. The molecule has 0 radical (unpaired) electrons. The maximum absolute atomic E-state index is 12.3. The molecule has 0 spiro atoms. The van der Waals surface area contributed by atoms with Crippen molar-refractivity contribution in [2.24, 2.45) is 11.8 Å². The van der Waals surface area contributed by atoms with Crippen LogP contribution in [0.4, 0.5) is 5.69 Å². The Morgan fingerprint density at radius 3 is 2.48 bits per heavy atom. The van der Waals surface area contributed by atoms with Crippen LogP contribution in [0.5, 0.6) is 0 Å². The minimum atomic E-state index is 0.156. The van der Waals surface area contributed by atoms with E-state index in [2.05, 4.69) is 40.0 Å². The zero-order valence-electron chi connectivity index (χ0n) is 12.9. The molecule has 0 bridgehead atoms. The van der Waals surface area contributed by atoms with Gasteiger partial charge in [0.1, 0.15) is 0 Å². The number of amides is 1. The van der Waals surface area contributed by atoms with Crippen molar-refractivity contribution in [2.45, 2.75) is 33.1 Å². The third-order valence-electron chi connectivity index (χ3n) is 4.09. The van der Waals surface area contributed by atoms with Gasteiger partial charge in [-0.2, -0.15) is 0 Å². The van der Waals surface area contributed by atoms with Crippen LogP contribution < -0.4 is 5.32 Å². The van der Waals surface area contributed by atoms with E-state index < -0.39 is 0 Å². The fourth-order valence-corrected chi connectivity index (χ4v) is 2.90. The van der Waals surface area contributed by atoms with Gasteiger partial charge in [-0.15, -0.1) is 0 Å². The normalized spacial score (nSPS) is 17.1. The van der Waals surface area contributed by atoms with Gasteiger partial charge in [-0.25, -0.2) is 0 Å². The van der Waals surface area contributed by atoms with Crippen LogP contribution in [0.2, 0.25) is 0 Å². The van der Waals surface area contributed by atoms with E-state index in [0.717, 1.165) is 42.0 Å². The number of anilines is 1. The predicted molar refractivity (Wildman–Crippen MR) is 91.4 cm³/mol. The van der Waals surface area contributed by atoms with Crippen LogP contribution in [0.25, 0.3) is 0 Å². The second-order valence-corrected chi connectivity index (χ2v) is 7.21. The molecule has 1 aliphatic rings. The number of piperidine rings is 1. The van der Waals surface area contributed by atoms with Crippen LogP contribution in [0.15, 0.2) is 28.7 Å². The maximum atomic E-state index is 12.3. The average molecular weight is 353 g/mol. The van der Waals surface area contributed by atoms with Gasteiger partial charge in [-0.3, -0.25) is 4.79 Å². The number of hydrogen-bond donors (Lipinski definition) is 1. The van der Waals surface area contributed by atoms with Gasteiger partial charge in [-0.05, 0) is 69.1 Å². The molecule has 3 nitrogen and oxygen atoms in total. The molecule has 1 heterocycles. The Hall–Kier alpha value is -0.870. The minimum absolute atomic E-state index is 0.156. The lowest BCUT2D eigenvalue weighted by Crippen LogP contribution is -2.38. The van der Waals surface area contributed by atoms with Crippen molar-refractivity contribution in [3.05, 3.63) is 28.7 Å². The predicted octanol–water partition coefficient (Wildman–Crippen LogP) is 4.15. The van der Waals surface area contributed by atoms with Gasteiger partial charge >= 0.3 is 0 Å². The molecular formula is C17H25BrN2O. The van der Waals surface area contributed by atoms with Crippen molar-refractivity contribution >= 4 is 27.5 Å². The maximum Gasteiger partial charge on any atom is 0.227 e. The van der Waals surface area contributed by atoms with E-state index in [9.17, 15) is 4.79 Å². The molecule has 0 atom stereocenters. The van der Waals surface area contributed by atoms with E-state index in [0.29, 0.717) is 0 Å². The third-order valence-corrected chi connectivity index (χ3v) is 4.62. The summed E-state index contributed by atoms with van der Waals surface area (Å²) >= 11 is 3.40. The summed E-state index contributed by atoms with van der Waals surface area (Å²) in [6.45, 7) is 7.78. The zero-order chi connectivity index (χ0) is 15.2. The molecule has 4 heteroatoms. The third kappa shape index (κ3) is 5.44. The summed E-state index contributed by atoms with van der Waals surface area (Å²) in [5, 5.41) is 3.03. The van der Waals surface area contributed by atoms with E-state index in [4.69, 9.17) is 0 Å². The van der Waals surface area contributed by atoms with E-state index in [1.165, 1.54) is 13.0 Å². The number of hydrogen-bond acceptors (Lipinski definition) is 2. The molecule has 1 saturated heterocycles. The van der Waals surface area contributed by atoms with Crippen LogP contribution in [0.1, 0.15) is 33.1 Å². The van der Waals surface area contributed by atoms with Gasteiger partial charge in [0.2, 0.25) is 5.91 Å². The summed E-state index contributed by atoms with van der Waals surface area (Å²) in [6, 6.07) is 7.76. The molecule has 1 fully saturated rings. The van der Waals surface area contributed by atoms with Crippen molar-refractivity contribution in [2.75, 3.05) is 25.0 Å². The number of nitrogens with zero attached hydrogens (tertiary/aromatic N) is 1. The molecule has 0 saturated carbocycles. The molecule has 0 aliphatic carbocycles. The topological polar surface area (TPSA) is 32.3 Å². The SMILES string of the molecule is CC(C)CCN1CCC(C(=O)Nc2ccc(Br)cc2)CC1. The Bertz CT molecular complexity index is 450. The zero-order valence-corrected chi connectivity index (χ0v) is 14.5. The highest BCUT2D eigenvalue weighted by Crippen LogP contribution is 2.21. The second kappa shape index (κ2) is 7.95. The largest absolute Gasteiger partial charge is 0.326 e. The summed E-state index contributed by atoms with van der Waals surface area (Å²) < 4.78 is 1.03. The smallest absolute Gasteiger partial charge is 0.227 e. The number of nitrogens with one attached hydrogen (secondary N) is 1. The first-order valence-corrected chi connectivity index (χ1v) is 8.62. The molecule has 0 unspecified atom stereocenters. The fraction of sp³-hybridized carbons (Fsp3) is 0.588. The number of rotatable bonds is 5. The highest BCUT2D eigenvalue weighted by molar-refractivity contribution is 9.10. The van der Waals surface area contributed by atoms with E-state index in [-0.39, 0.29) is 11.8 Å². The van der Waals surface area contributed by atoms with Gasteiger partial charge < -0.3 is 10.2 Å². The van der Waals surface area contributed by atoms with Gasteiger partial charge in [0.25, 0.3) is 0 Å². The van der Waals surface area contributed by atoms with E-state index >= 15 is 0 Å². The number of likely N-dealkylation sites (tertiary alicyclic amines) is 1. The van der Waals surface area contributed by atoms with Crippen LogP contribution >= 0.6 is 15.9 Å². The number of benzene rings is 1. The summed E-state index contributed by atoms with van der Waals surface area (Å²) in [4.78, 5) is 14.8. The molecule has 1 N–H and O–H groups in total. The second-order valence-electron chi connectivity index (χ2n) is 6.29. The summed E-state index contributed by atoms with van der Waals surface area (Å²) in [5.41, 5.74) is 0.880. The minimum Gasteiger partial charge on any atom is -0.326 e. The monoisotopic (exact) mass is 352 g/mol. The van der Waals surface area contributed by atoms with Crippen LogP contribution in [-0.4, -0.2) is 30.4 Å². The van der Waals surface area contributed by atoms with Crippen molar-refractivity contribution in [3.8, 4) is 0 Å². The highest BCUT2D eigenvalue weighted by Gasteiger charge is 2.24. The molecule has 1 amide bonds. The standard InChI is InChI=1S/C17H25BrN2O/c1-13(2)7-10-20-11-8-14(9-12-20)17(21)19-16-5-3-15(18)4-6-16/h3-6,13-14H,7-12H2,1-2H3,(H,19,21). The molecule has 116 valence electrons. The molecule has 0 aromatic heterocycles. The fourth-order valence-electron chi connectivity index (χ4n) is 2.64. The van der Waals surface area contributed by atoms with Crippen LogP contribution in [0.3, 0.4) is 0 Å². The number of halogens is 1. The van der Waals surface area contributed by atoms with E-state index in [1.54, 1.807) is 0 Å². The Balaban J connectivity index is 1.76. The van der Waals surface area contributed by atoms with Crippen molar-refractivity contribution in [1.29, 1.82) is 0 Å². The van der Waals surface area contributed by atoms with Gasteiger partial charge in [0.15, 0.2) is 0 Å². The number of carbonyl (C=O) groups is 1. The van der Waals surface area contributed by atoms with E-state index in [1.807, 2.05) is 24.3 Å². The van der Waals surface area contributed by atoms with Crippen molar-refractivity contribution in [3.63, 3.8) is 0 Å². The number of carbonyl (C=O) groups excluding carboxylic acids is 1. The van der Waals surface area contributed by atoms with Crippen LogP contribution in [0, 0.1) is 11.8 Å². The Kier molecular flexibility index (Phi) is 6.24. The van der Waals surface area contributed by atoms with Gasteiger partial charge in [0, 0.05) is 16.1 Å². The Labute approximate surface area is 136 Å².